The number of nitrogens with one attached hydrogen (secondary N) is 1. The third-order valence-electron chi connectivity index (χ3n) is 5.12. The van der Waals surface area contributed by atoms with Crippen molar-refractivity contribution in [1.82, 2.24) is 0 Å². The molecule has 6 heteroatoms. The average Bonchev–Trinajstić information content (AvgIpc) is 2.82. The summed E-state index contributed by atoms with van der Waals surface area (Å²) in [5, 5.41) is 2.89. The van der Waals surface area contributed by atoms with E-state index in [2.05, 4.69) is 25.2 Å². The van der Waals surface area contributed by atoms with Gasteiger partial charge >= 0.3 is 0 Å². The molecule has 0 aromatic heterocycles. The molecule has 0 unspecified atom stereocenters. The van der Waals surface area contributed by atoms with Gasteiger partial charge in [-0.05, 0) is 47.9 Å². The molecule has 1 N–H and O–H groups in total. The van der Waals surface area contributed by atoms with Gasteiger partial charge in [0.05, 0.1) is 27.0 Å². The molecule has 0 aliphatic heterocycles. The lowest BCUT2D eigenvalue weighted by Gasteiger charge is -2.16. The van der Waals surface area contributed by atoms with Crippen molar-refractivity contribution in [2.24, 2.45) is 0 Å². The predicted octanol–water partition coefficient (Wildman–Crippen LogP) is 5.67. The molecule has 3 aromatic carbocycles. The minimum Gasteiger partial charge on any atom is -0.497 e. The summed E-state index contributed by atoms with van der Waals surface area (Å²) in [5.41, 5.74) is 2.91. The van der Waals surface area contributed by atoms with E-state index in [9.17, 15) is 4.79 Å². The van der Waals surface area contributed by atoms with Crippen molar-refractivity contribution in [3.8, 4) is 23.0 Å². The molecule has 0 fully saturated rings. The SMILES string of the molecule is COc1ccc(OC)c(NC(=O)c2ccc(OC)c(COc3ccccc3C(C)C)c2)c1. The molecule has 0 aliphatic rings. The molecule has 3 rings (SSSR count). The molecule has 3 aromatic rings. The summed E-state index contributed by atoms with van der Waals surface area (Å²) >= 11 is 0. The zero-order chi connectivity index (χ0) is 23.1. The topological polar surface area (TPSA) is 66.0 Å². The quantitative estimate of drug-likeness (QED) is 0.469. The largest absolute Gasteiger partial charge is 0.497 e. The van der Waals surface area contributed by atoms with Gasteiger partial charge in [-0.2, -0.15) is 0 Å². The van der Waals surface area contributed by atoms with Crippen LogP contribution in [0.1, 0.15) is 41.3 Å². The Morgan fingerprint density at radius 1 is 0.844 bits per heavy atom. The van der Waals surface area contributed by atoms with Gasteiger partial charge in [-0.15, -0.1) is 0 Å². The lowest BCUT2D eigenvalue weighted by Crippen LogP contribution is -2.13. The van der Waals surface area contributed by atoms with Crippen LogP contribution in [0, 0.1) is 0 Å². The molecule has 32 heavy (non-hydrogen) atoms. The number of carbonyl (C=O) groups excluding carboxylic acids is 1. The summed E-state index contributed by atoms with van der Waals surface area (Å²) in [6.45, 7) is 4.53. The number of amides is 1. The van der Waals surface area contributed by atoms with E-state index in [1.54, 1.807) is 57.7 Å². The molecule has 0 bridgehead atoms. The lowest BCUT2D eigenvalue weighted by molar-refractivity contribution is 0.102. The number of ether oxygens (including phenoxy) is 4. The van der Waals surface area contributed by atoms with E-state index in [4.69, 9.17) is 18.9 Å². The van der Waals surface area contributed by atoms with Gasteiger partial charge in [0.15, 0.2) is 0 Å². The highest BCUT2D eigenvalue weighted by Crippen LogP contribution is 2.31. The van der Waals surface area contributed by atoms with E-state index in [1.165, 1.54) is 0 Å². The molecular formula is C26H29NO5. The first-order valence-electron chi connectivity index (χ1n) is 10.4. The molecule has 0 spiro atoms. The fourth-order valence-electron chi connectivity index (χ4n) is 3.38. The smallest absolute Gasteiger partial charge is 0.255 e. The van der Waals surface area contributed by atoms with E-state index in [0.717, 1.165) is 16.9 Å². The average molecular weight is 436 g/mol. The Morgan fingerprint density at radius 3 is 2.25 bits per heavy atom. The minimum atomic E-state index is -0.275. The summed E-state index contributed by atoms with van der Waals surface area (Å²) in [7, 11) is 4.72. The number of methoxy groups -OCH3 is 3. The van der Waals surface area contributed by atoms with Crippen LogP contribution in [0.4, 0.5) is 5.69 Å². The second-order valence-electron chi connectivity index (χ2n) is 7.53. The van der Waals surface area contributed by atoms with Gasteiger partial charge in [-0.1, -0.05) is 32.0 Å². The number of hydrogen-bond donors (Lipinski definition) is 1. The van der Waals surface area contributed by atoms with Crippen molar-refractivity contribution >= 4 is 11.6 Å². The second-order valence-corrected chi connectivity index (χ2v) is 7.53. The Bertz CT molecular complexity index is 1080. The van der Waals surface area contributed by atoms with Crippen molar-refractivity contribution in [1.29, 1.82) is 0 Å². The van der Waals surface area contributed by atoms with E-state index in [1.807, 2.05) is 18.2 Å². The highest BCUT2D eigenvalue weighted by Gasteiger charge is 2.15. The van der Waals surface area contributed by atoms with Crippen LogP contribution in [-0.2, 0) is 6.61 Å². The predicted molar refractivity (Wildman–Crippen MR) is 125 cm³/mol. The van der Waals surface area contributed by atoms with Crippen LogP contribution in [0.5, 0.6) is 23.0 Å². The zero-order valence-electron chi connectivity index (χ0n) is 19.1. The van der Waals surface area contributed by atoms with Gasteiger partial charge < -0.3 is 24.3 Å². The Morgan fingerprint density at radius 2 is 1.56 bits per heavy atom. The Balaban J connectivity index is 1.83. The maximum Gasteiger partial charge on any atom is 0.255 e. The lowest BCUT2D eigenvalue weighted by atomic mass is 10.0. The maximum atomic E-state index is 13.0. The summed E-state index contributed by atoms with van der Waals surface area (Å²) in [5.74, 6) is 2.70. The second kappa shape index (κ2) is 10.6. The van der Waals surface area contributed by atoms with Crippen molar-refractivity contribution in [3.05, 3.63) is 77.4 Å². The monoisotopic (exact) mass is 435 g/mol. The summed E-state index contributed by atoms with van der Waals surface area (Å²) in [6, 6.07) is 18.4. The third-order valence-corrected chi connectivity index (χ3v) is 5.12. The van der Waals surface area contributed by atoms with Gasteiger partial charge in [0, 0.05) is 17.2 Å². The molecule has 0 saturated heterocycles. The number of carbonyl (C=O) groups is 1. The highest BCUT2D eigenvalue weighted by atomic mass is 16.5. The van der Waals surface area contributed by atoms with E-state index < -0.39 is 0 Å². The molecular weight excluding hydrogens is 406 g/mol. The first kappa shape index (κ1) is 23.0. The first-order valence-corrected chi connectivity index (χ1v) is 10.4. The Labute approximate surface area is 189 Å². The number of hydrogen-bond acceptors (Lipinski definition) is 5. The van der Waals surface area contributed by atoms with Gasteiger partial charge in [0.25, 0.3) is 5.91 Å². The molecule has 0 atom stereocenters. The van der Waals surface area contributed by atoms with Crippen LogP contribution in [-0.4, -0.2) is 27.2 Å². The van der Waals surface area contributed by atoms with E-state index in [-0.39, 0.29) is 12.5 Å². The third kappa shape index (κ3) is 5.32. The number of benzene rings is 3. The summed E-state index contributed by atoms with van der Waals surface area (Å²) in [4.78, 5) is 13.0. The number of anilines is 1. The Hall–Kier alpha value is -3.67. The van der Waals surface area contributed by atoms with E-state index >= 15 is 0 Å². The number of para-hydroxylation sites is 1. The van der Waals surface area contributed by atoms with Crippen LogP contribution in [0.3, 0.4) is 0 Å². The molecule has 168 valence electrons. The first-order chi connectivity index (χ1) is 15.5. The van der Waals surface area contributed by atoms with Crippen LogP contribution in [0.2, 0.25) is 0 Å². The molecule has 0 radical (unpaired) electrons. The fraction of sp³-hybridized carbons (Fsp3) is 0.269. The van der Waals surface area contributed by atoms with Crippen LogP contribution in [0.25, 0.3) is 0 Å². The molecule has 0 heterocycles. The molecule has 0 aliphatic carbocycles. The Kier molecular flexibility index (Phi) is 7.60. The van der Waals surface area contributed by atoms with Crippen molar-refractivity contribution < 1.29 is 23.7 Å². The zero-order valence-corrected chi connectivity index (χ0v) is 19.1. The van der Waals surface area contributed by atoms with Gasteiger partial charge in [-0.25, -0.2) is 0 Å². The summed E-state index contributed by atoms with van der Waals surface area (Å²) < 4.78 is 22.2. The molecule has 1 amide bonds. The van der Waals surface area contributed by atoms with Crippen LogP contribution in [0.15, 0.2) is 60.7 Å². The summed E-state index contributed by atoms with van der Waals surface area (Å²) in [6.07, 6.45) is 0. The van der Waals surface area contributed by atoms with Gasteiger partial charge in [0.2, 0.25) is 0 Å². The molecule has 6 nitrogen and oxygen atoms in total. The standard InChI is InChI=1S/C26H29NO5/c1-17(2)21-8-6-7-9-24(21)32-16-19-14-18(10-12-23(19)30-4)26(28)27-22-15-20(29-3)11-13-25(22)31-5/h6-15,17H,16H2,1-5H3,(H,27,28). The van der Waals surface area contributed by atoms with Crippen molar-refractivity contribution in [2.75, 3.05) is 26.6 Å². The highest BCUT2D eigenvalue weighted by molar-refractivity contribution is 6.05. The molecule has 0 saturated carbocycles. The minimum absolute atomic E-state index is 0.274. The normalized spacial score (nSPS) is 10.6. The van der Waals surface area contributed by atoms with Crippen molar-refractivity contribution in [2.45, 2.75) is 26.4 Å². The van der Waals surface area contributed by atoms with E-state index in [0.29, 0.717) is 34.4 Å². The maximum absolute atomic E-state index is 13.0. The van der Waals surface area contributed by atoms with Crippen LogP contribution >= 0.6 is 0 Å². The van der Waals surface area contributed by atoms with Crippen molar-refractivity contribution in [3.63, 3.8) is 0 Å². The fourth-order valence-corrected chi connectivity index (χ4v) is 3.38. The number of rotatable bonds is 9. The van der Waals surface area contributed by atoms with Gasteiger partial charge in [0.1, 0.15) is 29.6 Å². The van der Waals surface area contributed by atoms with Crippen LogP contribution < -0.4 is 24.3 Å². The van der Waals surface area contributed by atoms with Gasteiger partial charge in [-0.3, -0.25) is 4.79 Å².